The van der Waals surface area contributed by atoms with Crippen molar-refractivity contribution >= 4 is 23.2 Å². The summed E-state index contributed by atoms with van der Waals surface area (Å²) in [7, 11) is 0.414. The fraction of sp³-hybridized carbons (Fsp3) is 0.280. The van der Waals surface area contributed by atoms with Crippen molar-refractivity contribution in [2.75, 3.05) is 19.8 Å². The maximum Gasteiger partial charge on any atom is 0.112 e. The normalized spacial score (nSPS) is 11.4. The smallest absolute Gasteiger partial charge is 0.112 e. The Morgan fingerprint density at radius 1 is 0.556 bits per heavy atom. The number of hydrogen-bond acceptors (Lipinski definition) is 1. The van der Waals surface area contributed by atoms with E-state index in [9.17, 15) is 0 Å². The highest BCUT2D eigenvalue weighted by atomic mass is 31.2. The van der Waals surface area contributed by atoms with E-state index in [1.165, 1.54) is 47.8 Å². The molecule has 0 atom stereocenters. The molecule has 0 amide bonds. The van der Waals surface area contributed by atoms with E-state index in [-0.39, 0.29) is 0 Å². The fourth-order valence-electron chi connectivity index (χ4n) is 3.89. The first kappa shape index (κ1) is 19.8. The first-order chi connectivity index (χ1) is 13.4. The second-order valence-corrected chi connectivity index (χ2v) is 10.7. The Kier molecular flexibility index (Phi) is 7.63. The SMILES string of the molecule is CNCCCCCC[P+](c1ccccc1)(c1ccccc1)c1ccccc1. The van der Waals surface area contributed by atoms with Crippen LogP contribution in [0.4, 0.5) is 0 Å². The van der Waals surface area contributed by atoms with Gasteiger partial charge in [0.1, 0.15) is 23.2 Å². The summed E-state index contributed by atoms with van der Waals surface area (Å²) in [5.74, 6) is 0. The van der Waals surface area contributed by atoms with Crippen molar-refractivity contribution < 1.29 is 0 Å². The standard InChI is InChI=1S/C25H31NP/c1-26-21-13-2-3-14-22-27(23-15-7-4-8-16-23,24-17-9-5-10-18-24)25-19-11-6-12-20-25/h4-12,15-20,26H,2-3,13-14,21-22H2,1H3/q+1. The minimum Gasteiger partial charge on any atom is -0.320 e. The molecule has 0 aliphatic carbocycles. The molecular weight excluding hydrogens is 345 g/mol. The molecule has 0 unspecified atom stereocenters. The average molecular weight is 377 g/mol. The van der Waals surface area contributed by atoms with E-state index in [2.05, 4.69) is 96.3 Å². The maximum atomic E-state index is 3.26. The van der Waals surface area contributed by atoms with Gasteiger partial charge in [0.25, 0.3) is 0 Å². The van der Waals surface area contributed by atoms with Crippen LogP contribution >= 0.6 is 7.26 Å². The summed E-state index contributed by atoms with van der Waals surface area (Å²) in [6.45, 7) is 1.12. The lowest BCUT2D eigenvalue weighted by molar-refractivity contribution is 0.636. The summed E-state index contributed by atoms with van der Waals surface area (Å²) in [5, 5.41) is 7.75. The topological polar surface area (TPSA) is 12.0 Å². The second kappa shape index (κ2) is 10.4. The van der Waals surface area contributed by atoms with Crippen LogP contribution < -0.4 is 21.2 Å². The maximum absolute atomic E-state index is 3.26. The molecule has 27 heavy (non-hydrogen) atoms. The molecule has 0 saturated carbocycles. The third kappa shape index (κ3) is 4.86. The molecular formula is C25H31NP+. The van der Waals surface area contributed by atoms with E-state index in [4.69, 9.17) is 0 Å². The van der Waals surface area contributed by atoms with Crippen molar-refractivity contribution in [3.8, 4) is 0 Å². The van der Waals surface area contributed by atoms with Gasteiger partial charge in [0.2, 0.25) is 0 Å². The van der Waals surface area contributed by atoms with Gasteiger partial charge in [0, 0.05) is 0 Å². The van der Waals surface area contributed by atoms with E-state index in [1.54, 1.807) is 0 Å². The lowest BCUT2D eigenvalue weighted by Crippen LogP contribution is -2.33. The molecule has 0 spiro atoms. The molecule has 3 rings (SSSR count). The highest BCUT2D eigenvalue weighted by Gasteiger charge is 2.44. The largest absolute Gasteiger partial charge is 0.320 e. The number of nitrogens with one attached hydrogen (secondary N) is 1. The minimum absolute atomic E-state index is 1.12. The Hall–Kier alpha value is -1.95. The molecule has 3 aromatic rings. The predicted molar refractivity (Wildman–Crippen MR) is 122 cm³/mol. The Balaban J connectivity index is 1.98. The van der Waals surface area contributed by atoms with Crippen LogP contribution in [0.2, 0.25) is 0 Å². The molecule has 0 radical (unpaired) electrons. The van der Waals surface area contributed by atoms with E-state index in [1.807, 2.05) is 7.05 Å². The first-order valence-electron chi connectivity index (χ1n) is 10.1. The molecule has 1 nitrogen and oxygen atoms in total. The van der Waals surface area contributed by atoms with Crippen LogP contribution in [0.1, 0.15) is 25.7 Å². The van der Waals surface area contributed by atoms with Gasteiger partial charge in [-0.05, 0) is 69.3 Å². The third-order valence-electron chi connectivity index (χ3n) is 5.26. The van der Waals surface area contributed by atoms with E-state index < -0.39 is 7.26 Å². The number of benzene rings is 3. The quantitative estimate of drug-likeness (QED) is 0.397. The van der Waals surface area contributed by atoms with Gasteiger partial charge >= 0.3 is 0 Å². The van der Waals surface area contributed by atoms with Crippen LogP contribution in [0.5, 0.6) is 0 Å². The summed E-state index contributed by atoms with van der Waals surface area (Å²) >= 11 is 0. The Morgan fingerprint density at radius 2 is 0.963 bits per heavy atom. The Bertz CT molecular complexity index is 675. The van der Waals surface area contributed by atoms with E-state index in [0.29, 0.717) is 0 Å². The highest BCUT2D eigenvalue weighted by Crippen LogP contribution is 2.55. The van der Waals surface area contributed by atoms with Crippen molar-refractivity contribution in [1.29, 1.82) is 0 Å². The molecule has 0 bridgehead atoms. The summed E-state index contributed by atoms with van der Waals surface area (Å²) in [6, 6.07) is 33.6. The lowest BCUT2D eigenvalue weighted by atomic mass is 10.2. The zero-order valence-electron chi connectivity index (χ0n) is 16.4. The summed E-state index contributed by atoms with van der Waals surface area (Å²) < 4.78 is 0. The molecule has 3 aromatic carbocycles. The van der Waals surface area contributed by atoms with Crippen molar-refractivity contribution in [1.82, 2.24) is 5.32 Å². The number of hydrogen-bond donors (Lipinski definition) is 1. The van der Waals surface area contributed by atoms with Gasteiger partial charge in [0.15, 0.2) is 0 Å². The molecule has 0 saturated heterocycles. The van der Waals surface area contributed by atoms with Crippen LogP contribution in [-0.2, 0) is 0 Å². The van der Waals surface area contributed by atoms with Crippen LogP contribution in [-0.4, -0.2) is 19.8 Å². The Morgan fingerprint density at radius 3 is 1.37 bits per heavy atom. The van der Waals surface area contributed by atoms with Crippen LogP contribution in [0.25, 0.3) is 0 Å². The van der Waals surface area contributed by atoms with E-state index in [0.717, 1.165) is 6.54 Å². The van der Waals surface area contributed by atoms with Crippen molar-refractivity contribution in [2.24, 2.45) is 0 Å². The van der Waals surface area contributed by atoms with Gasteiger partial charge in [0.05, 0.1) is 6.16 Å². The molecule has 0 aliphatic rings. The Labute approximate surface area is 165 Å². The second-order valence-electron chi connectivity index (χ2n) is 7.06. The third-order valence-corrected chi connectivity index (χ3v) is 9.79. The van der Waals surface area contributed by atoms with Crippen molar-refractivity contribution in [3.63, 3.8) is 0 Å². The highest BCUT2D eigenvalue weighted by molar-refractivity contribution is 7.95. The fourth-order valence-corrected chi connectivity index (χ4v) is 8.30. The lowest BCUT2D eigenvalue weighted by Gasteiger charge is -2.27. The number of rotatable bonds is 10. The molecule has 0 fully saturated rings. The summed E-state index contributed by atoms with van der Waals surface area (Å²) in [5.41, 5.74) is 0. The van der Waals surface area contributed by atoms with Gasteiger partial charge in [-0.2, -0.15) is 0 Å². The van der Waals surface area contributed by atoms with Crippen molar-refractivity contribution in [3.05, 3.63) is 91.0 Å². The summed E-state index contributed by atoms with van der Waals surface area (Å²) in [4.78, 5) is 0. The molecule has 0 heterocycles. The predicted octanol–water partition coefficient (Wildman–Crippen LogP) is 4.76. The number of unbranched alkanes of at least 4 members (excludes halogenated alkanes) is 3. The molecule has 0 aliphatic heterocycles. The zero-order valence-corrected chi connectivity index (χ0v) is 17.2. The zero-order chi connectivity index (χ0) is 18.8. The van der Waals surface area contributed by atoms with Crippen LogP contribution in [0.3, 0.4) is 0 Å². The van der Waals surface area contributed by atoms with Gasteiger partial charge in [-0.1, -0.05) is 61.0 Å². The first-order valence-corrected chi connectivity index (χ1v) is 12.0. The van der Waals surface area contributed by atoms with Gasteiger partial charge < -0.3 is 5.32 Å². The van der Waals surface area contributed by atoms with E-state index >= 15 is 0 Å². The molecule has 1 N–H and O–H groups in total. The average Bonchev–Trinajstić information content (AvgIpc) is 2.75. The molecule has 140 valence electrons. The monoisotopic (exact) mass is 376 g/mol. The van der Waals surface area contributed by atoms with Gasteiger partial charge in [-0.3, -0.25) is 0 Å². The van der Waals surface area contributed by atoms with Crippen molar-refractivity contribution in [2.45, 2.75) is 25.7 Å². The summed E-state index contributed by atoms with van der Waals surface area (Å²) in [6.07, 6.45) is 6.39. The minimum atomic E-state index is -1.62. The molecule has 0 aromatic heterocycles. The van der Waals surface area contributed by atoms with Crippen LogP contribution in [0, 0.1) is 0 Å². The van der Waals surface area contributed by atoms with Crippen LogP contribution in [0.15, 0.2) is 91.0 Å². The van der Waals surface area contributed by atoms with Gasteiger partial charge in [-0.25, -0.2) is 0 Å². The molecule has 2 heteroatoms. The van der Waals surface area contributed by atoms with Gasteiger partial charge in [-0.15, -0.1) is 0 Å².